The maximum atomic E-state index is 13.1. The molecule has 0 unspecified atom stereocenters. The van der Waals surface area contributed by atoms with Gasteiger partial charge in [0.15, 0.2) is 11.7 Å². The normalized spacial score (nSPS) is 31.3. The molecule has 5 nitrogen and oxygen atoms in total. The molecule has 3 rings (SSSR count). The number of nitrogens with two attached hydrogens (primary N) is 2. The Morgan fingerprint density at radius 2 is 1.96 bits per heavy atom. The van der Waals surface area contributed by atoms with Gasteiger partial charge in [0.05, 0.1) is 0 Å². The second-order valence-electron chi connectivity index (χ2n) is 9.41. The van der Waals surface area contributed by atoms with E-state index in [-0.39, 0.29) is 23.4 Å². The minimum Gasteiger partial charge on any atom is -0.396 e. The Morgan fingerprint density at radius 3 is 2.67 bits per heavy atom. The quantitative estimate of drug-likeness (QED) is 0.327. The third kappa shape index (κ3) is 3.43. The van der Waals surface area contributed by atoms with Crippen LogP contribution >= 0.6 is 0 Å². The largest absolute Gasteiger partial charge is 0.396 e. The first-order chi connectivity index (χ1) is 12.8. The number of Topliss-reactive ketones (excluding diaryl/α,β-unsaturated/α-hetero) is 1. The number of aliphatic imine (C=N–C) groups is 1. The van der Waals surface area contributed by atoms with Crippen molar-refractivity contribution in [2.45, 2.75) is 78.1 Å². The van der Waals surface area contributed by atoms with Crippen molar-refractivity contribution < 1.29 is 9.90 Å². The van der Waals surface area contributed by atoms with E-state index in [1.807, 2.05) is 0 Å². The zero-order valence-electron chi connectivity index (χ0n) is 17.1. The summed E-state index contributed by atoms with van der Waals surface area (Å²) in [5.41, 5.74) is 13.7. The molecule has 0 aliphatic heterocycles. The van der Waals surface area contributed by atoms with E-state index >= 15 is 0 Å². The lowest BCUT2D eigenvalue weighted by Gasteiger charge is -2.52. The first kappa shape index (κ1) is 20.4. The van der Waals surface area contributed by atoms with Crippen molar-refractivity contribution in [1.82, 2.24) is 0 Å². The van der Waals surface area contributed by atoms with Crippen LogP contribution in [0.15, 0.2) is 16.1 Å². The standard InChI is InChI=1S/C22H37N3O2/c1-21(2)16-10-9-15(7-4-6-12-26)22(21)14-19(27)17(18(22)13-16)8-3-5-11-25-20(23)24/h15-16,26H,3-14H2,1-2H3,(H4,23,24,25)/t15-,16-,22+/m1/s1. The SMILES string of the molecule is CC1(C)[C@@H]2CC[C@@H](CCCCO)[C@]13CC(=O)C(CCCCN=C(N)N)=C3C2. The number of rotatable bonds is 9. The van der Waals surface area contributed by atoms with E-state index in [2.05, 4.69) is 18.8 Å². The fourth-order valence-electron chi connectivity index (χ4n) is 6.53. The van der Waals surface area contributed by atoms with Crippen molar-refractivity contribution in [3.8, 4) is 0 Å². The molecule has 2 bridgehead atoms. The summed E-state index contributed by atoms with van der Waals surface area (Å²) in [4.78, 5) is 17.1. The summed E-state index contributed by atoms with van der Waals surface area (Å²) >= 11 is 0. The summed E-state index contributed by atoms with van der Waals surface area (Å²) in [5.74, 6) is 1.85. The van der Waals surface area contributed by atoms with Crippen LogP contribution < -0.4 is 11.5 Å². The lowest BCUT2D eigenvalue weighted by molar-refractivity contribution is -0.120. The fraction of sp³-hybridized carbons (Fsp3) is 0.818. The predicted molar refractivity (Wildman–Crippen MR) is 109 cm³/mol. The van der Waals surface area contributed by atoms with Crippen LogP contribution in [0.4, 0.5) is 0 Å². The van der Waals surface area contributed by atoms with Gasteiger partial charge in [0, 0.05) is 25.0 Å². The summed E-state index contributed by atoms with van der Waals surface area (Å²) in [7, 11) is 0. The average Bonchev–Trinajstić information content (AvgIpc) is 2.90. The van der Waals surface area contributed by atoms with Crippen molar-refractivity contribution >= 4 is 11.7 Å². The molecule has 27 heavy (non-hydrogen) atoms. The molecule has 0 saturated heterocycles. The zero-order chi connectivity index (χ0) is 19.7. The molecule has 2 saturated carbocycles. The Bertz CT molecular complexity index is 633. The fourth-order valence-corrected chi connectivity index (χ4v) is 6.53. The Hall–Kier alpha value is -1.36. The summed E-state index contributed by atoms with van der Waals surface area (Å²) in [6.45, 7) is 5.74. The number of nitrogens with zero attached hydrogens (tertiary/aromatic N) is 1. The number of fused-ring (bicyclic) bond motifs is 1. The number of allylic oxidation sites excluding steroid dienone is 2. The Labute approximate surface area is 163 Å². The summed E-state index contributed by atoms with van der Waals surface area (Å²) < 4.78 is 0. The minimum absolute atomic E-state index is 0.0810. The number of hydrogen-bond acceptors (Lipinski definition) is 3. The second kappa shape index (κ2) is 7.94. The third-order valence-electron chi connectivity index (χ3n) is 7.95. The molecule has 5 N–H and O–H groups in total. The number of hydrogen-bond donors (Lipinski definition) is 3. The number of unbranched alkanes of at least 4 members (excludes halogenated alkanes) is 2. The van der Waals surface area contributed by atoms with Crippen molar-refractivity contribution in [1.29, 1.82) is 0 Å². The molecule has 1 spiro atoms. The van der Waals surface area contributed by atoms with Crippen molar-refractivity contribution in [2.75, 3.05) is 13.2 Å². The van der Waals surface area contributed by atoms with Gasteiger partial charge >= 0.3 is 0 Å². The number of ketones is 1. The van der Waals surface area contributed by atoms with Gasteiger partial charge < -0.3 is 16.6 Å². The van der Waals surface area contributed by atoms with E-state index in [1.165, 1.54) is 18.4 Å². The van der Waals surface area contributed by atoms with Gasteiger partial charge in [-0.15, -0.1) is 0 Å². The third-order valence-corrected chi connectivity index (χ3v) is 7.95. The van der Waals surface area contributed by atoms with Crippen LogP contribution in [0, 0.1) is 22.7 Å². The summed E-state index contributed by atoms with van der Waals surface area (Å²) in [6.07, 6.45) is 10.2. The Kier molecular flexibility index (Phi) is 5.99. The van der Waals surface area contributed by atoms with Gasteiger partial charge in [-0.1, -0.05) is 25.8 Å². The van der Waals surface area contributed by atoms with Crippen LogP contribution in [0.5, 0.6) is 0 Å². The zero-order valence-corrected chi connectivity index (χ0v) is 17.1. The molecule has 0 aromatic heterocycles. The minimum atomic E-state index is 0.0810. The number of carbonyl (C=O) groups is 1. The molecule has 3 aliphatic rings. The molecule has 152 valence electrons. The molecule has 0 aromatic rings. The molecular formula is C22H37N3O2. The van der Waals surface area contributed by atoms with E-state index < -0.39 is 0 Å². The van der Waals surface area contributed by atoms with Gasteiger partial charge in [0.25, 0.3) is 0 Å². The lowest BCUT2D eigenvalue weighted by Crippen LogP contribution is -2.46. The molecule has 0 heterocycles. The van der Waals surface area contributed by atoms with Gasteiger partial charge in [0.2, 0.25) is 0 Å². The smallest absolute Gasteiger partial charge is 0.185 e. The first-order valence-electron chi connectivity index (χ1n) is 10.8. The van der Waals surface area contributed by atoms with Crippen LogP contribution in [0.3, 0.4) is 0 Å². The van der Waals surface area contributed by atoms with Gasteiger partial charge in [-0.05, 0) is 74.2 Å². The van der Waals surface area contributed by atoms with Gasteiger partial charge in [-0.2, -0.15) is 0 Å². The van der Waals surface area contributed by atoms with E-state index in [0.717, 1.165) is 56.9 Å². The topological polar surface area (TPSA) is 102 Å². The molecule has 2 fully saturated rings. The highest BCUT2D eigenvalue weighted by atomic mass is 16.2. The Morgan fingerprint density at radius 1 is 1.19 bits per heavy atom. The first-order valence-corrected chi connectivity index (χ1v) is 10.8. The highest BCUT2D eigenvalue weighted by molar-refractivity contribution is 6.00. The molecule has 3 atom stereocenters. The predicted octanol–water partition coefficient (Wildman–Crippen LogP) is 3.30. The van der Waals surface area contributed by atoms with Crippen LogP contribution in [0.25, 0.3) is 0 Å². The molecule has 0 amide bonds. The van der Waals surface area contributed by atoms with Gasteiger partial charge in [0.1, 0.15) is 0 Å². The lowest BCUT2D eigenvalue weighted by atomic mass is 9.51. The number of guanidine groups is 1. The van der Waals surface area contributed by atoms with Crippen LogP contribution in [0.2, 0.25) is 0 Å². The van der Waals surface area contributed by atoms with Crippen molar-refractivity contribution in [2.24, 2.45) is 39.1 Å². The maximum Gasteiger partial charge on any atom is 0.185 e. The summed E-state index contributed by atoms with van der Waals surface area (Å²) in [5, 5.41) is 9.19. The van der Waals surface area contributed by atoms with E-state index in [9.17, 15) is 9.90 Å². The number of aliphatic hydroxyl groups excluding tert-OH is 1. The van der Waals surface area contributed by atoms with Crippen molar-refractivity contribution in [3.63, 3.8) is 0 Å². The highest BCUT2D eigenvalue weighted by Crippen LogP contribution is 2.73. The average molecular weight is 376 g/mol. The molecule has 5 heteroatoms. The highest BCUT2D eigenvalue weighted by Gasteiger charge is 2.66. The molecule has 0 aromatic carbocycles. The van der Waals surface area contributed by atoms with E-state index in [1.54, 1.807) is 0 Å². The van der Waals surface area contributed by atoms with E-state index in [4.69, 9.17) is 11.5 Å². The summed E-state index contributed by atoms with van der Waals surface area (Å²) in [6, 6.07) is 0. The maximum absolute atomic E-state index is 13.1. The number of carbonyl (C=O) groups excluding carboxylic acids is 1. The van der Waals surface area contributed by atoms with Crippen LogP contribution in [-0.2, 0) is 4.79 Å². The van der Waals surface area contributed by atoms with E-state index in [0.29, 0.717) is 24.2 Å². The number of aliphatic hydroxyl groups is 1. The molecule has 0 radical (unpaired) electrons. The monoisotopic (exact) mass is 375 g/mol. The van der Waals surface area contributed by atoms with Gasteiger partial charge in [-0.3, -0.25) is 9.79 Å². The Balaban J connectivity index is 1.80. The van der Waals surface area contributed by atoms with Crippen molar-refractivity contribution in [3.05, 3.63) is 11.1 Å². The van der Waals surface area contributed by atoms with Gasteiger partial charge in [-0.25, -0.2) is 0 Å². The van der Waals surface area contributed by atoms with Crippen LogP contribution in [0.1, 0.15) is 78.1 Å². The molecular weight excluding hydrogens is 338 g/mol. The molecule has 3 aliphatic carbocycles. The second-order valence-corrected chi connectivity index (χ2v) is 9.41. The van der Waals surface area contributed by atoms with Crippen LogP contribution in [-0.4, -0.2) is 30.0 Å².